The minimum Gasteiger partial charge on any atom is -0.490 e. The van der Waals surface area contributed by atoms with Crippen molar-refractivity contribution in [2.75, 3.05) is 13.2 Å². The average Bonchev–Trinajstić information content (AvgIpc) is 2.81. The third kappa shape index (κ3) is 6.42. The Balaban J connectivity index is 2.02. The van der Waals surface area contributed by atoms with Gasteiger partial charge in [0.15, 0.2) is 18.1 Å². The molecule has 0 saturated heterocycles. The highest BCUT2D eigenvalue weighted by atomic mass is 79.9. The zero-order chi connectivity index (χ0) is 25.7. The molecule has 0 unspecified atom stereocenters. The van der Waals surface area contributed by atoms with Gasteiger partial charge in [-0.15, -0.1) is 0 Å². The third-order valence-electron chi connectivity index (χ3n) is 4.66. The van der Waals surface area contributed by atoms with Crippen molar-refractivity contribution in [3.63, 3.8) is 0 Å². The number of hydrogen-bond acceptors (Lipinski definition) is 7. The van der Waals surface area contributed by atoms with Crippen LogP contribution < -0.4 is 15.0 Å². The molecule has 1 aromatic heterocycles. The summed E-state index contributed by atoms with van der Waals surface area (Å²) in [4.78, 5) is 29.6. The topological polar surface area (TPSA) is 92.0 Å². The summed E-state index contributed by atoms with van der Waals surface area (Å²) in [6.07, 6.45) is 1.73. The predicted octanol–water partition coefficient (Wildman–Crippen LogP) is 5.75. The van der Waals surface area contributed by atoms with E-state index in [0.29, 0.717) is 45.5 Å². The van der Waals surface area contributed by atoms with Gasteiger partial charge in [-0.2, -0.15) is 9.78 Å². The lowest BCUT2D eigenvalue weighted by atomic mass is 10.2. The minimum atomic E-state index is -0.526. The number of fused-ring (bicyclic) bond motifs is 1. The zero-order valence-electron chi connectivity index (χ0n) is 19.6. The molecule has 0 aliphatic carbocycles. The van der Waals surface area contributed by atoms with E-state index in [4.69, 9.17) is 25.8 Å². The average molecular weight is 630 g/mol. The van der Waals surface area contributed by atoms with Crippen LogP contribution in [0, 0.1) is 0 Å². The number of carbonyl (C=O) groups is 1. The number of carbonyl (C=O) groups excluding carboxylic acids is 1. The summed E-state index contributed by atoms with van der Waals surface area (Å²) in [5.74, 6) is 0.504. The lowest BCUT2D eigenvalue weighted by molar-refractivity contribution is -0.149. The Hall–Kier alpha value is -2.43. The lowest BCUT2D eigenvalue weighted by Gasteiger charge is -2.16. The molecule has 0 spiro atoms. The second-order valence-corrected chi connectivity index (χ2v) is 9.67. The van der Waals surface area contributed by atoms with Crippen molar-refractivity contribution < 1.29 is 19.0 Å². The standard InChI is InChI=1S/C24H24Br2ClN3O5/c1-5-19-29-17-8-7-15(25)10-16(17)24(32)30(19)28-11-14-9-18(33-6-2)23(22(27)21(14)26)34-12-20(31)35-13(3)4/h7-11,13H,5-6,12H2,1-4H3. The number of hydrogen-bond donors (Lipinski definition) is 0. The maximum atomic E-state index is 13.1. The fourth-order valence-electron chi connectivity index (χ4n) is 3.19. The van der Waals surface area contributed by atoms with E-state index in [1.54, 1.807) is 32.0 Å². The fraction of sp³-hybridized carbons (Fsp3) is 0.333. The number of esters is 1. The van der Waals surface area contributed by atoms with Crippen molar-refractivity contribution in [1.82, 2.24) is 9.66 Å². The van der Waals surface area contributed by atoms with Crippen LogP contribution in [0.1, 0.15) is 39.1 Å². The molecule has 0 saturated carbocycles. The molecular formula is C24H24Br2ClN3O5. The molecule has 0 atom stereocenters. The molecule has 0 radical (unpaired) electrons. The largest absolute Gasteiger partial charge is 0.490 e. The Bertz CT molecular complexity index is 1340. The lowest BCUT2D eigenvalue weighted by Crippen LogP contribution is -2.22. The van der Waals surface area contributed by atoms with Crippen LogP contribution in [-0.4, -0.2) is 41.2 Å². The van der Waals surface area contributed by atoms with Gasteiger partial charge < -0.3 is 14.2 Å². The van der Waals surface area contributed by atoms with Crippen molar-refractivity contribution >= 4 is 66.5 Å². The fourth-order valence-corrected chi connectivity index (χ4v) is 4.20. The molecule has 35 heavy (non-hydrogen) atoms. The number of aryl methyl sites for hydroxylation is 1. The van der Waals surface area contributed by atoms with Gasteiger partial charge in [-0.1, -0.05) is 34.5 Å². The summed E-state index contributed by atoms with van der Waals surface area (Å²) in [6.45, 7) is 7.22. The summed E-state index contributed by atoms with van der Waals surface area (Å²) in [6, 6.07) is 7.00. The first-order valence-corrected chi connectivity index (χ1v) is 12.8. The van der Waals surface area contributed by atoms with Crippen LogP contribution in [0.25, 0.3) is 10.9 Å². The van der Waals surface area contributed by atoms with Crippen LogP contribution in [0.2, 0.25) is 5.02 Å². The Kier molecular flexibility index (Phi) is 9.32. The molecule has 186 valence electrons. The first-order chi connectivity index (χ1) is 16.7. The van der Waals surface area contributed by atoms with Crippen molar-refractivity contribution in [2.45, 2.75) is 40.2 Å². The second-order valence-electron chi connectivity index (χ2n) is 7.59. The molecule has 2 aromatic carbocycles. The molecular weight excluding hydrogens is 606 g/mol. The molecule has 8 nitrogen and oxygen atoms in total. The van der Waals surface area contributed by atoms with Crippen molar-refractivity contribution in [3.05, 3.63) is 60.0 Å². The quantitative estimate of drug-likeness (QED) is 0.221. The highest BCUT2D eigenvalue weighted by molar-refractivity contribution is 9.10. The zero-order valence-corrected chi connectivity index (χ0v) is 23.5. The van der Waals surface area contributed by atoms with Gasteiger partial charge in [-0.25, -0.2) is 9.78 Å². The molecule has 0 bridgehead atoms. The van der Waals surface area contributed by atoms with Gasteiger partial charge in [-0.3, -0.25) is 4.79 Å². The number of nitrogens with zero attached hydrogens (tertiary/aromatic N) is 3. The summed E-state index contributed by atoms with van der Waals surface area (Å²) >= 11 is 13.4. The maximum Gasteiger partial charge on any atom is 0.344 e. The van der Waals surface area contributed by atoms with Crippen LogP contribution in [0.5, 0.6) is 11.5 Å². The van der Waals surface area contributed by atoms with E-state index in [1.807, 2.05) is 19.9 Å². The van der Waals surface area contributed by atoms with Crippen molar-refractivity contribution in [3.8, 4) is 11.5 Å². The Morgan fingerprint density at radius 1 is 1.23 bits per heavy atom. The maximum absolute atomic E-state index is 13.1. The SMILES string of the molecule is CCOc1cc(C=Nn2c(CC)nc3ccc(Br)cc3c2=O)c(Br)c(Cl)c1OCC(=O)OC(C)C. The molecule has 3 aromatic rings. The molecule has 0 N–H and O–H groups in total. The highest BCUT2D eigenvalue weighted by Crippen LogP contribution is 2.42. The van der Waals surface area contributed by atoms with Crippen molar-refractivity contribution in [2.24, 2.45) is 5.10 Å². The van der Waals surface area contributed by atoms with Gasteiger partial charge in [0.2, 0.25) is 0 Å². The molecule has 3 rings (SSSR count). The third-order valence-corrected chi connectivity index (χ3v) is 6.60. The Labute approximate surface area is 224 Å². The van der Waals surface area contributed by atoms with E-state index in [9.17, 15) is 9.59 Å². The summed E-state index contributed by atoms with van der Waals surface area (Å²) < 4.78 is 18.9. The van der Waals surface area contributed by atoms with Crippen LogP contribution >= 0.6 is 43.5 Å². The van der Waals surface area contributed by atoms with Gasteiger partial charge in [0, 0.05) is 20.9 Å². The van der Waals surface area contributed by atoms with Gasteiger partial charge in [0.25, 0.3) is 5.56 Å². The molecule has 1 heterocycles. The second kappa shape index (κ2) is 12.0. The summed E-state index contributed by atoms with van der Waals surface area (Å²) in [5, 5.41) is 5.04. The smallest absolute Gasteiger partial charge is 0.344 e. The van der Waals surface area contributed by atoms with Crippen LogP contribution in [-0.2, 0) is 16.0 Å². The van der Waals surface area contributed by atoms with E-state index in [0.717, 1.165) is 4.47 Å². The monoisotopic (exact) mass is 627 g/mol. The number of rotatable bonds is 9. The van der Waals surface area contributed by atoms with Gasteiger partial charge >= 0.3 is 5.97 Å². The number of ether oxygens (including phenoxy) is 3. The highest BCUT2D eigenvalue weighted by Gasteiger charge is 2.19. The Morgan fingerprint density at radius 2 is 1.97 bits per heavy atom. The summed E-state index contributed by atoms with van der Waals surface area (Å²) in [7, 11) is 0. The first-order valence-electron chi connectivity index (χ1n) is 10.9. The van der Waals surface area contributed by atoms with E-state index in [2.05, 4.69) is 41.9 Å². The molecule has 0 aliphatic rings. The number of benzene rings is 2. The van der Waals surface area contributed by atoms with Gasteiger partial charge in [0.1, 0.15) is 10.8 Å². The van der Waals surface area contributed by atoms with Crippen LogP contribution in [0.4, 0.5) is 0 Å². The van der Waals surface area contributed by atoms with Gasteiger partial charge in [0.05, 0.1) is 29.8 Å². The molecule has 0 amide bonds. The number of halogens is 3. The molecule has 0 fully saturated rings. The molecule has 11 heteroatoms. The molecule has 0 aliphatic heterocycles. The van der Waals surface area contributed by atoms with Gasteiger partial charge in [-0.05, 0) is 61.0 Å². The minimum absolute atomic E-state index is 0.193. The normalized spacial score (nSPS) is 11.4. The van der Waals surface area contributed by atoms with E-state index in [-0.39, 0.29) is 29.0 Å². The first kappa shape index (κ1) is 27.2. The van der Waals surface area contributed by atoms with E-state index < -0.39 is 5.97 Å². The van der Waals surface area contributed by atoms with Crippen LogP contribution in [0.3, 0.4) is 0 Å². The van der Waals surface area contributed by atoms with Crippen molar-refractivity contribution in [1.29, 1.82) is 0 Å². The summed E-state index contributed by atoms with van der Waals surface area (Å²) in [5.41, 5.74) is 0.848. The Morgan fingerprint density at radius 3 is 2.63 bits per heavy atom. The van der Waals surface area contributed by atoms with E-state index >= 15 is 0 Å². The van der Waals surface area contributed by atoms with E-state index in [1.165, 1.54) is 10.9 Å². The number of aromatic nitrogens is 2. The predicted molar refractivity (Wildman–Crippen MR) is 143 cm³/mol. The van der Waals surface area contributed by atoms with Crippen LogP contribution in [0.15, 0.2) is 43.1 Å².